The Morgan fingerprint density at radius 1 is 1.00 bits per heavy atom. The van der Waals surface area contributed by atoms with Gasteiger partial charge in [-0.1, -0.05) is 36.4 Å². The second kappa shape index (κ2) is 8.47. The fourth-order valence-electron chi connectivity index (χ4n) is 3.04. The van der Waals surface area contributed by atoms with Crippen molar-refractivity contribution in [3.63, 3.8) is 0 Å². The number of urea groups is 1. The van der Waals surface area contributed by atoms with E-state index in [2.05, 4.69) is 10.6 Å². The van der Waals surface area contributed by atoms with E-state index < -0.39 is 0 Å². The van der Waals surface area contributed by atoms with Crippen molar-refractivity contribution in [3.05, 3.63) is 66.0 Å². The van der Waals surface area contributed by atoms with Gasteiger partial charge in [-0.3, -0.25) is 4.79 Å². The van der Waals surface area contributed by atoms with E-state index in [9.17, 15) is 14.0 Å². The van der Waals surface area contributed by atoms with E-state index in [0.29, 0.717) is 31.5 Å². The first kappa shape index (κ1) is 17.9. The lowest BCUT2D eigenvalue weighted by molar-refractivity contribution is -0.121. The molecule has 0 atom stereocenters. The number of nitrogens with one attached hydrogen (secondary N) is 2. The Labute approximate surface area is 152 Å². The van der Waals surface area contributed by atoms with Crippen LogP contribution >= 0.6 is 0 Å². The molecule has 1 fully saturated rings. The first-order valence-electron chi connectivity index (χ1n) is 8.75. The Morgan fingerprint density at radius 3 is 2.35 bits per heavy atom. The zero-order valence-corrected chi connectivity index (χ0v) is 14.5. The van der Waals surface area contributed by atoms with Crippen LogP contribution < -0.4 is 10.6 Å². The normalized spacial score (nSPS) is 14.7. The molecule has 3 rings (SSSR count). The second-order valence-corrected chi connectivity index (χ2v) is 6.39. The molecule has 5 nitrogen and oxygen atoms in total. The largest absolute Gasteiger partial charge is 0.353 e. The van der Waals surface area contributed by atoms with Crippen molar-refractivity contribution < 1.29 is 14.0 Å². The summed E-state index contributed by atoms with van der Waals surface area (Å²) in [5, 5.41) is 5.80. The van der Waals surface area contributed by atoms with Gasteiger partial charge >= 0.3 is 6.03 Å². The highest BCUT2D eigenvalue weighted by molar-refractivity contribution is 5.89. The van der Waals surface area contributed by atoms with Crippen LogP contribution in [-0.4, -0.2) is 36.0 Å². The number of anilines is 1. The monoisotopic (exact) mass is 355 g/mol. The summed E-state index contributed by atoms with van der Waals surface area (Å²) in [6.07, 6.45) is 1.40. The third kappa shape index (κ3) is 4.81. The van der Waals surface area contributed by atoms with Crippen molar-refractivity contribution in [1.29, 1.82) is 0 Å². The molecule has 2 N–H and O–H groups in total. The molecule has 0 unspecified atom stereocenters. The molecule has 0 aromatic heterocycles. The van der Waals surface area contributed by atoms with Crippen LogP contribution in [-0.2, 0) is 11.2 Å². The van der Waals surface area contributed by atoms with Gasteiger partial charge < -0.3 is 15.5 Å². The number of nitrogens with zero attached hydrogens (tertiary/aromatic N) is 1. The van der Waals surface area contributed by atoms with Crippen molar-refractivity contribution in [2.24, 2.45) is 0 Å². The predicted molar refractivity (Wildman–Crippen MR) is 98.3 cm³/mol. The summed E-state index contributed by atoms with van der Waals surface area (Å²) in [4.78, 5) is 26.1. The quantitative estimate of drug-likeness (QED) is 0.885. The van der Waals surface area contributed by atoms with E-state index in [1.807, 2.05) is 30.3 Å². The average molecular weight is 355 g/mol. The molecule has 2 aromatic rings. The van der Waals surface area contributed by atoms with Crippen LogP contribution in [0, 0.1) is 5.82 Å². The lowest BCUT2D eigenvalue weighted by Gasteiger charge is -2.32. The molecule has 6 heteroatoms. The minimum Gasteiger partial charge on any atom is -0.353 e. The SMILES string of the molecule is O=C(Cc1ccccc1F)NC1CCN(C(=O)Nc2ccccc2)CC1. The molecule has 26 heavy (non-hydrogen) atoms. The number of hydrogen-bond donors (Lipinski definition) is 2. The molecule has 2 aromatic carbocycles. The van der Waals surface area contributed by atoms with Crippen LogP contribution in [0.5, 0.6) is 0 Å². The van der Waals surface area contributed by atoms with Gasteiger partial charge in [-0.05, 0) is 36.6 Å². The van der Waals surface area contributed by atoms with E-state index in [0.717, 1.165) is 5.69 Å². The molecule has 0 saturated carbocycles. The summed E-state index contributed by atoms with van der Waals surface area (Å²) in [5.74, 6) is -0.558. The third-order valence-electron chi connectivity index (χ3n) is 4.48. The van der Waals surface area contributed by atoms with Crippen molar-refractivity contribution in [2.45, 2.75) is 25.3 Å². The van der Waals surface area contributed by atoms with Crippen molar-refractivity contribution in [2.75, 3.05) is 18.4 Å². The zero-order chi connectivity index (χ0) is 18.4. The fraction of sp³-hybridized carbons (Fsp3) is 0.300. The van der Waals surface area contributed by atoms with E-state index in [4.69, 9.17) is 0 Å². The van der Waals surface area contributed by atoms with Gasteiger partial charge in [-0.15, -0.1) is 0 Å². The third-order valence-corrected chi connectivity index (χ3v) is 4.48. The van der Waals surface area contributed by atoms with E-state index in [1.54, 1.807) is 23.1 Å². The maximum absolute atomic E-state index is 13.6. The summed E-state index contributed by atoms with van der Waals surface area (Å²) in [5.41, 5.74) is 1.16. The molecular formula is C20H22FN3O2. The summed E-state index contributed by atoms with van der Waals surface area (Å²) in [6.45, 7) is 1.15. The number of likely N-dealkylation sites (tertiary alicyclic amines) is 1. The zero-order valence-electron chi connectivity index (χ0n) is 14.5. The van der Waals surface area contributed by atoms with E-state index >= 15 is 0 Å². The fourth-order valence-corrected chi connectivity index (χ4v) is 3.04. The minimum atomic E-state index is -0.366. The number of rotatable bonds is 4. The van der Waals surface area contributed by atoms with Crippen LogP contribution in [0.2, 0.25) is 0 Å². The highest BCUT2D eigenvalue weighted by Crippen LogP contribution is 2.14. The van der Waals surface area contributed by atoms with Crippen molar-refractivity contribution >= 4 is 17.6 Å². The molecule has 1 aliphatic heterocycles. The molecule has 0 aliphatic carbocycles. The predicted octanol–water partition coefficient (Wildman–Crippen LogP) is 3.18. The summed E-state index contributed by atoms with van der Waals surface area (Å²) in [7, 11) is 0. The van der Waals surface area contributed by atoms with Crippen LogP contribution in [0.4, 0.5) is 14.9 Å². The summed E-state index contributed by atoms with van der Waals surface area (Å²) in [6, 6.07) is 15.5. The molecular weight excluding hydrogens is 333 g/mol. The Bertz CT molecular complexity index is 759. The Balaban J connectivity index is 1.44. The lowest BCUT2D eigenvalue weighted by Crippen LogP contribution is -2.48. The molecule has 3 amide bonds. The Kier molecular flexibility index (Phi) is 5.84. The van der Waals surface area contributed by atoms with Gasteiger partial charge in [0.1, 0.15) is 5.82 Å². The van der Waals surface area contributed by atoms with Crippen LogP contribution in [0.25, 0.3) is 0 Å². The molecule has 1 saturated heterocycles. The standard InChI is InChI=1S/C20H22FN3O2/c21-18-9-5-4-6-15(18)14-19(25)22-17-10-12-24(13-11-17)20(26)23-16-7-2-1-3-8-16/h1-9,17H,10-14H2,(H,22,25)(H,23,26). The molecule has 1 aliphatic rings. The number of amides is 3. The highest BCUT2D eigenvalue weighted by Gasteiger charge is 2.24. The first-order valence-corrected chi connectivity index (χ1v) is 8.75. The lowest BCUT2D eigenvalue weighted by atomic mass is 10.0. The number of halogens is 1. The second-order valence-electron chi connectivity index (χ2n) is 6.39. The number of piperidine rings is 1. The van der Waals surface area contributed by atoms with Crippen LogP contribution in [0.1, 0.15) is 18.4 Å². The molecule has 0 bridgehead atoms. The van der Waals surface area contributed by atoms with Crippen LogP contribution in [0.3, 0.4) is 0 Å². The highest BCUT2D eigenvalue weighted by atomic mass is 19.1. The van der Waals surface area contributed by atoms with Crippen molar-refractivity contribution in [3.8, 4) is 0 Å². The summed E-state index contributed by atoms with van der Waals surface area (Å²) < 4.78 is 13.6. The molecule has 1 heterocycles. The van der Waals surface area contributed by atoms with Gasteiger partial charge in [-0.25, -0.2) is 9.18 Å². The van der Waals surface area contributed by atoms with Gasteiger partial charge in [0.2, 0.25) is 5.91 Å². The van der Waals surface area contributed by atoms with Crippen molar-refractivity contribution in [1.82, 2.24) is 10.2 Å². The number of carbonyl (C=O) groups is 2. The topological polar surface area (TPSA) is 61.4 Å². The van der Waals surface area contributed by atoms with E-state index in [-0.39, 0.29) is 30.2 Å². The number of hydrogen-bond acceptors (Lipinski definition) is 2. The Morgan fingerprint density at radius 2 is 1.65 bits per heavy atom. The summed E-state index contributed by atoms with van der Waals surface area (Å²) >= 11 is 0. The number of benzene rings is 2. The molecule has 0 spiro atoms. The maximum Gasteiger partial charge on any atom is 0.321 e. The number of carbonyl (C=O) groups excluding carboxylic acids is 2. The van der Waals surface area contributed by atoms with Crippen LogP contribution in [0.15, 0.2) is 54.6 Å². The molecule has 0 radical (unpaired) electrons. The van der Waals surface area contributed by atoms with Gasteiger partial charge in [0.05, 0.1) is 6.42 Å². The van der Waals surface area contributed by atoms with Gasteiger partial charge in [0.25, 0.3) is 0 Å². The minimum absolute atomic E-state index is 0.00930. The smallest absolute Gasteiger partial charge is 0.321 e. The maximum atomic E-state index is 13.6. The van der Waals surface area contributed by atoms with E-state index in [1.165, 1.54) is 6.07 Å². The average Bonchev–Trinajstić information content (AvgIpc) is 2.65. The Hall–Kier alpha value is -2.89. The first-order chi connectivity index (χ1) is 12.6. The van der Waals surface area contributed by atoms with Gasteiger partial charge in [-0.2, -0.15) is 0 Å². The van der Waals surface area contributed by atoms with Gasteiger partial charge in [0.15, 0.2) is 0 Å². The molecule has 136 valence electrons. The van der Waals surface area contributed by atoms with Gasteiger partial charge in [0, 0.05) is 24.8 Å². The number of para-hydroxylation sites is 1.